The van der Waals surface area contributed by atoms with E-state index in [1.54, 1.807) is 6.07 Å². The first kappa shape index (κ1) is 18.5. The Morgan fingerprint density at radius 2 is 1.59 bits per heavy atom. The molecule has 0 fully saturated rings. The number of para-hydroxylation sites is 3. The molecule has 0 bridgehead atoms. The number of rotatable bonds is 6. The Morgan fingerprint density at radius 1 is 0.931 bits per heavy atom. The molecule has 1 amide bonds. The van der Waals surface area contributed by atoms with Crippen LogP contribution in [0.3, 0.4) is 0 Å². The van der Waals surface area contributed by atoms with Crippen molar-refractivity contribution < 1.29 is 13.9 Å². The number of nitrogens with one attached hydrogen (secondary N) is 1. The van der Waals surface area contributed by atoms with Gasteiger partial charge in [0.05, 0.1) is 17.8 Å². The number of carbonyl (C=O) groups is 1. The fraction of sp³-hybridized carbons (Fsp3) is 0.0833. The van der Waals surface area contributed by atoms with E-state index in [0.29, 0.717) is 34.5 Å². The Labute approximate surface area is 169 Å². The molecule has 0 atom stereocenters. The molecule has 0 radical (unpaired) electrons. The molecule has 5 nitrogen and oxygen atoms in total. The van der Waals surface area contributed by atoms with Crippen molar-refractivity contribution in [2.24, 2.45) is 0 Å². The molecule has 4 rings (SSSR count). The van der Waals surface area contributed by atoms with E-state index in [0.717, 1.165) is 5.56 Å². The minimum Gasteiger partial charge on any atom is -0.455 e. The summed E-state index contributed by atoms with van der Waals surface area (Å²) in [5.74, 6) is 2.24. The maximum Gasteiger partial charge on any atom is 0.230 e. The highest BCUT2D eigenvalue weighted by atomic mass is 16.5. The van der Waals surface area contributed by atoms with Crippen molar-refractivity contribution in [1.29, 1.82) is 0 Å². The summed E-state index contributed by atoms with van der Waals surface area (Å²) in [6.45, 7) is 1.81. The van der Waals surface area contributed by atoms with Gasteiger partial charge in [-0.25, -0.2) is 4.98 Å². The van der Waals surface area contributed by atoms with Crippen molar-refractivity contribution in [3.05, 3.63) is 96.4 Å². The van der Waals surface area contributed by atoms with E-state index >= 15 is 0 Å². The van der Waals surface area contributed by atoms with Crippen molar-refractivity contribution in [2.45, 2.75) is 13.3 Å². The maximum absolute atomic E-state index is 12.6. The lowest BCUT2D eigenvalue weighted by Crippen LogP contribution is -2.15. The lowest BCUT2D eigenvalue weighted by atomic mass is 10.2. The first-order chi connectivity index (χ1) is 14.2. The van der Waals surface area contributed by atoms with Gasteiger partial charge in [-0.15, -0.1) is 0 Å². The van der Waals surface area contributed by atoms with Gasteiger partial charge in [0, 0.05) is 5.56 Å². The molecule has 0 aliphatic rings. The summed E-state index contributed by atoms with van der Waals surface area (Å²) < 4.78 is 11.6. The summed E-state index contributed by atoms with van der Waals surface area (Å²) in [5.41, 5.74) is 2.09. The molecule has 1 aromatic heterocycles. The van der Waals surface area contributed by atoms with E-state index in [-0.39, 0.29) is 12.3 Å². The molecule has 1 N–H and O–H groups in total. The number of aryl methyl sites for hydroxylation is 1. The van der Waals surface area contributed by atoms with Gasteiger partial charge < -0.3 is 14.5 Å². The molecule has 144 valence electrons. The first-order valence-electron chi connectivity index (χ1n) is 9.32. The molecule has 0 aliphatic heterocycles. The number of oxazole rings is 1. The van der Waals surface area contributed by atoms with Crippen LogP contribution in [0.4, 0.5) is 5.69 Å². The highest BCUT2D eigenvalue weighted by Gasteiger charge is 2.16. The van der Waals surface area contributed by atoms with E-state index in [4.69, 9.17) is 9.15 Å². The van der Waals surface area contributed by atoms with E-state index < -0.39 is 0 Å². The molecule has 0 spiro atoms. The van der Waals surface area contributed by atoms with Gasteiger partial charge in [0.1, 0.15) is 11.5 Å². The lowest BCUT2D eigenvalue weighted by molar-refractivity contribution is -0.115. The lowest BCUT2D eigenvalue weighted by Gasteiger charge is -2.12. The van der Waals surface area contributed by atoms with Gasteiger partial charge >= 0.3 is 0 Å². The summed E-state index contributed by atoms with van der Waals surface area (Å²) in [4.78, 5) is 17.1. The SMILES string of the molecule is Cc1oc(-c2ccccc2)nc1CC(=O)Nc1ccccc1Oc1ccccc1. The topological polar surface area (TPSA) is 64.4 Å². The zero-order valence-electron chi connectivity index (χ0n) is 16.0. The maximum atomic E-state index is 12.6. The summed E-state index contributed by atoms with van der Waals surface area (Å²) in [6.07, 6.45) is 0.113. The minimum absolute atomic E-state index is 0.113. The third-order valence-corrected chi connectivity index (χ3v) is 4.37. The van der Waals surface area contributed by atoms with Gasteiger partial charge in [0.25, 0.3) is 0 Å². The largest absolute Gasteiger partial charge is 0.455 e. The zero-order valence-corrected chi connectivity index (χ0v) is 16.0. The third-order valence-electron chi connectivity index (χ3n) is 4.37. The van der Waals surface area contributed by atoms with Crippen LogP contribution in [0.15, 0.2) is 89.3 Å². The Balaban J connectivity index is 1.48. The summed E-state index contributed by atoms with van der Waals surface area (Å²) in [5, 5.41) is 2.91. The molecular weight excluding hydrogens is 364 g/mol. The monoisotopic (exact) mass is 384 g/mol. The Hall–Kier alpha value is -3.86. The van der Waals surface area contributed by atoms with Crippen LogP contribution in [0.1, 0.15) is 11.5 Å². The average molecular weight is 384 g/mol. The number of amides is 1. The van der Waals surface area contributed by atoms with Crippen LogP contribution in [0.2, 0.25) is 0 Å². The Kier molecular flexibility index (Phi) is 5.38. The highest BCUT2D eigenvalue weighted by molar-refractivity contribution is 5.93. The number of anilines is 1. The normalized spacial score (nSPS) is 10.5. The quantitative estimate of drug-likeness (QED) is 0.468. The van der Waals surface area contributed by atoms with Gasteiger partial charge in [-0.3, -0.25) is 4.79 Å². The van der Waals surface area contributed by atoms with Crippen LogP contribution in [-0.4, -0.2) is 10.9 Å². The standard InChI is InChI=1S/C24H20N2O3/c1-17-21(26-24(28-17)18-10-4-2-5-11-18)16-23(27)25-20-14-8-9-15-22(20)29-19-12-6-3-7-13-19/h2-15H,16H2,1H3,(H,25,27). The molecular formula is C24H20N2O3. The number of benzene rings is 3. The van der Waals surface area contributed by atoms with Crippen molar-refractivity contribution in [3.8, 4) is 23.0 Å². The van der Waals surface area contributed by atoms with Crippen LogP contribution >= 0.6 is 0 Å². The molecule has 1 heterocycles. The molecule has 0 saturated heterocycles. The van der Waals surface area contributed by atoms with E-state index in [2.05, 4.69) is 10.3 Å². The molecule has 3 aromatic carbocycles. The van der Waals surface area contributed by atoms with Crippen molar-refractivity contribution in [3.63, 3.8) is 0 Å². The van der Waals surface area contributed by atoms with Crippen LogP contribution < -0.4 is 10.1 Å². The van der Waals surface area contributed by atoms with Gasteiger partial charge in [0.15, 0.2) is 5.75 Å². The fourth-order valence-corrected chi connectivity index (χ4v) is 2.92. The second-order valence-electron chi connectivity index (χ2n) is 6.52. The molecule has 0 saturated carbocycles. The molecule has 29 heavy (non-hydrogen) atoms. The number of nitrogens with zero attached hydrogens (tertiary/aromatic N) is 1. The Morgan fingerprint density at radius 3 is 2.34 bits per heavy atom. The summed E-state index contributed by atoms with van der Waals surface area (Å²) in [7, 11) is 0. The van der Waals surface area contributed by atoms with E-state index in [1.165, 1.54) is 0 Å². The highest BCUT2D eigenvalue weighted by Crippen LogP contribution is 2.29. The zero-order chi connectivity index (χ0) is 20.1. The third kappa shape index (κ3) is 4.52. The second kappa shape index (κ2) is 8.44. The molecule has 5 heteroatoms. The van der Waals surface area contributed by atoms with Gasteiger partial charge in [-0.1, -0.05) is 48.5 Å². The predicted molar refractivity (Wildman–Crippen MR) is 112 cm³/mol. The van der Waals surface area contributed by atoms with Crippen molar-refractivity contribution in [2.75, 3.05) is 5.32 Å². The van der Waals surface area contributed by atoms with Crippen molar-refractivity contribution >= 4 is 11.6 Å². The smallest absolute Gasteiger partial charge is 0.230 e. The molecule has 0 aliphatic carbocycles. The fourth-order valence-electron chi connectivity index (χ4n) is 2.92. The van der Waals surface area contributed by atoms with Crippen LogP contribution in [0.5, 0.6) is 11.5 Å². The summed E-state index contributed by atoms with van der Waals surface area (Å²) in [6, 6.07) is 26.4. The predicted octanol–water partition coefficient (Wildman–Crippen LogP) is 5.62. The van der Waals surface area contributed by atoms with Crippen molar-refractivity contribution in [1.82, 2.24) is 4.98 Å². The first-order valence-corrected chi connectivity index (χ1v) is 9.32. The molecule has 0 unspecified atom stereocenters. The van der Waals surface area contributed by atoms with Crippen LogP contribution in [-0.2, 0) is 11.2 Å². The van der Waals surface area contributed by atoms with Gasteiger partial charge in [-0.05, 0) is 43.3 Å². The second-order valence-corrected chi connectivity index (χ2v) is 6.52. The van der Waals surface area contributed by atoms with E-state index in [1.807, 2.05) is 85.8 Å². The average Bonchev–Trinajstić information content (AvgIpc) is 3.11. The molecule has 4 aromatic rings. The van der Waals surface area contributed by atoms with Gasteiger partial charge in [-0.2, -0.15) is 0 Å². The number of hydrogen-bond donors (Lipinski definition) is 1. The number of carbonyl (C=O) groups excluding carboxylic acids is 1. The van der Waals surface area contributed by atoms with Gasteiger partial charge in [0.2, 0.25) is 11.8 Å². The number of aromatic nitrogens is 1. The van der Waals surface area contributed by atoms with Crippen LogP contribution in [0, 0.1) is 6.92 Å². The minimum atomic E-state index is -0.190. The number of ether oxygens (including phenoxy) is 1. The van der Waals surface area contributed by atoms with Crippen LogP contribution in [0.25, 0.3) is 11.5 Å². The number of hydrogen-bond acceptors (Lipinski definition) is 4. The summed E-state index contributed by atoms with van der Waals surface area (Å²) >= 11 is 0. The van der Waals surface area contributed by atoms with E-state index in [9.17, 15) is 4.79 Å². The Bertz CT molecular complexity index is 1110.